The predicted octanol–water partition coefficient (Wildman–Crippen LogP) is 6.98. The minimum atomic E-state index is -1.98. The molecule has 0 fully saturated rings. The molecule has 0 aliphatic heterocycles. The van der Waals surface area contributed by atoms with Crippen LogP contribution < -0.4 is 15.1 Å². The van der Waals surface area contributed by atoms with Gasteiger partial charge in [0.2, 0.25) is 14.2 Å². The van der Waals surface area contributed by atoms with Crippen LogP contribution in [0.3, 0.4) is 0 Å². The number of Topliss-reactive ketones (excluding diaryl/α,β-unsaturated/α-hetero) is 1. The molecule has 2 atom stereocenters. The Kier molecular flexibility index (Phi) is 10.3. The number of carbonyl (C=O) groups excluding carboxylic acids is 3. The zero-order chi connectivity index (χ0) is 31.3. The monoisotopic (exact) mass is 590 g/mol. The standard InChI is InChI=1S/C34H46N2O5Si/c1-23(37)29(21-24-15-18-28(19-16-24)41-42(8,9)34(5,6)7)35-31(38)30(36-32(39)40-33(2,3)4)22-25-14-17-26-12-10-11-13-27(26)20-25/h10-20,29-30H,21-22H2,1-9H3,(H,35,38)(H,36,39)/t29-,30-/m0/s1. The van der Waals surface area contributed by atoms with Crippen molar-refractivity contribution in [1.29, 1.82) is 0 Å². The highest BCUT2D eigenvalue weighted by Gasteiger charge is 2.39. The lowest BCUT2D eigenvalue weighted by molar-refractivity contribution is -0.128. The Bertz CT molecular complexity index is 1400. The van der Waals surface area contributed by atoms with Crippen LogP contribution in [0.4, 0.5) is 4.79 Å². The highest BCUT2D eigenvalue weighted by molar-refractivity contribution is 6.74. The first-order valence-electron chi connectivity index (χ1n) is 14.5. The van der Waals surface area contributed by atoms with E-state index < -0.39 is 38.0 Å². The molecule has 2 amide bonds. The third-order valence-corrected chi connectivity index (χ3v) is 12.0. The maximum absolute atomic E-state index is 13.6. The van der Waals surface area contributed by atoms with Crippen LogP contribution in [0.25, 0.3) is 10.8 Å². The summed E-state index contributed by atoms with van der Waals surface area (Å²) in [6, 6.07) is 19.9. The Morgan fingerprint density at radius 3 is 1.90 bits per heavy atom. The number of benzene rings is 3. The van der Waals surface area contributed by atoms with E-state index in [0.29, 0.717) is 6.42 Å². The summed E-state index contributed by atoms with van der Waals surface area (Å²) in [5, 5.41) is 7.80. The highest BCUT2D eigenvalue weighted by Crippen LogP contribution is 2.37. The molecule has 3 aromatic carbocycles. The molecule has 0 bridgehead atoms. The van der Waals surface area contributed by atoms with Gasteiger partial charge in [0.1, 0.15) is 17.4 Å². The summed E-state index contributed by atoms with van der Waals surface area (Å²) in [7, 11) is -1.98. The van der Waals surface area contributed by atoms with Crippen LogP contribution >= 0.6 is 0 Å². The molecule has 0 radical (unpaired) electrons. The Morgan fingerprint density at radius 2 is 1.33 bits per heavy atom. The van der Waals surface area contributed by atoms with Crippen LogP contribution in [0.2, 0.25) is 18.1 Å². The molecule has 0 spiro atoms. The average molecular weight is 591 g/mol. The van der Waals surface area contributed by atoms with Gasteiger partial charge in [0.05, 0.1) is 6.04 Å². The minimum absolute atomic E-state index is 0.0758. The second-order valence-electron chi connectivity index (χ2n) is 13.5. The third-order valence-electron chi connectivity index (χ3n) is 7.61. The van der Waals surface area contributed by atoms with Gasteiger partial charge in [-0.25, -0.2) is 4.79 Å². The molecule has 7 nitrogen and oxygen atoms in total. The topological polar surface area (TPSA) is 93.7 Å². The number of hydrogen-bond acceptors (Lipinski definition) is 5. The summed E-state index contributed by atoms with van der Waals surface area (Å²) < 4.78 is 11.8. The van der Waals surface area contributed by atoms with Gasteiger partial charge in [0.15, 0.2) is 5.78 Å². The van der Waals surface area contributed by atoms with Crippen molar-refractivity contribution in [2.75, 3.05) is 0 Å². The van der Waals surface area contributed by atoms with Gasteiger partial charge in [0.25, 0.3) is 0 Å². The summed E-state index contributed by atoms with van der Waals surface area (Å²) in [5.41, 5.74) is 1.04. The lowest BCUT2D eigenvalue weighted by Crippen LogP contribution is -2.53. The molecular weight excluding hydrogens is 544 g/mol. The van der Waals surface area contributed by atoms with Gasteiger partial charge in [-0.15, -0.1) is 0 Å². The second-order valence-corrected chi connectivity index (χ2v) is 18.2. The summed E-state index contributed by atoms with van der Waals surface area (Å²) in [6.45, 7) is 17.7. The van der Waals surface area contributed by atoms with Crippen LogP contribution in [-0.4, -0.2) is 43.8 Å². The molecular formula is C34H46N2O5Si. The number of fused-ring (bicyclic) bond motifs is 1. The van der Waals surface area contributed by atoms with Gasteiger partial charge in [-0.3, -0.25) is 9.59 Å². The number of alkyl carbamates (subject to hydrolysis) is 1. The number of hydrogen-bond donors (Lipinski definition) is 2. The van der Waals surface area contributed by atoms with Crippen LogP contribution in [0, 0.1) is 0 Å². The fourth-order valence-corrected chi connectivity index (χ4v) is 5.24. The van der Waals surface area contributed by atoms with Crippen LogP contribution in [0.1, 0.15) is 59.6 Å². The smallest absolute Gasteiger partial charge is 0.408 e. The highest BCUT2D eigenvalue weighted by atomic mass is 28.4. The molecule has 3 rings (SSSR count). The molecule has 226 valence electrons. The van der Waals surface area contributed by atoms with E-state index in [0.717, 1.165) is 27.6 Å². The van der Waals surface area contributed by atoms with Crippen molar-refractivity contribution in [3.63, 3.8) is 0 Å². The van der Waals surface area contributed by atoms with Crippen molar-refractivity contribution >= 4 is 36.9 Å². The number of rotatable bonds is 10. The van der Waals surface area contributed by atoms with Gasteiger partial charge >= 0.3 is 6.09 Å². The zero-order valence-electron chi connectivity index (χ0n) is 26.5. The van der Waals surface area contributed by atoms with Gasteiger partial charge in [-0.2, -0.15) is 0 Å². The first-order valence-corrected chi connectivity index (χ1v) is 17.4. The molecule has 0 saturated heterocycles. The summed E-state index contributed by atoms with van der Waals surface area (Å²) in [4.78, 5) is 38.9. The molecule has 0 heterocycles. The molecule has 2 N–H and O–H groups in total. The van der Waals surface area contributed by atoms with Gasteiger partial charge in [0, 0.05) is 6.42 Å². The van der Waals surface area contributed by atoms with Crippen molar-refractivity contribution < 1.29 is 23.5 Å². The van der Waals surface area contributed by atoms with E-state index in [2.05, 4.69) is 44.5 Å². The SMILES string of the molecule is CC(=O)[C@H](Cc1ccc(O[Si](C)(C)C(C)(C)C)cc1)NC(=O)[C@H](Cc1ccc2ccccc2c1)NC(=O)OC(C)(C)C. The molecule has 0 saturated carbocycles. The third kappa shape index (κ3) is 9.44. The van der Waals surface area contributed by atoms with Crippen molar-refractivity contribution in [1.82, 2.24) is 10.6 Å². The normalized spacial score (nSPS) is 13.6. The number of nitrogens with one attached hydrogen (secondary N) is 2. The molecule has 0 aromatic heterocycles. The Balaban J connectivity index is 1.77. The Hall–Kier alpha value is -3.65. The summed E-state index contributed by atoms with van der Waals surface area (Å²) in [6.07, 6.45) is -0.142. The Labute approximate surface area is 251 Å². The second kappa shape index (κ2) is 13.1. The van der Waals surface area contributed by atoms with E-state index in [-0.39, 0.29) is 17.2 Å². The van der Waals surface area contributed by atoms with Crippen LogP contribution in [0.15, 0.2) is 66.7 Å². The summed E-state index contributed by atoms with van der Waals surface area (Å²) >= 11 is 0. The molecule has 0 unspecified atom stereocenters. The van der Waals surface area contributed by atoms with Gasteiger partial charge in [-0.1, -0.05) is 75.4 Å². The summed E-state index contributed by atoms with van der Waals surface area (Å²) in [5.74, 6) is 0.171. The largest absolute Gasteiger partial charge is 0.544 e. The van der Waals surface area contributed by atoms with E-state index in [1.54, 1.807) is 20.8 Å². The van der Waals surface area contributed by atoms with E-state index >= 15 is 0 Å². The quantitative estimate of drug-likeness (QED) is 0.249. The number of ether oxygens (including phenoxy) is 1. The Morgan fingerprint density at radius 1 is 0.762 bits per heavy atom. The minimum Gasteiger partial charge on any atom is -0.544 e. The van der Waals surface area contributed by atoms with Crippen molar-refractivity contribution in [3.8, 4) is 5.75 Å². The van der Waals surface area contributed by atoms with Gasteiger partial charge in [-0.05, 0) is 86.3 Å². The van der Waals surface area contributed by atoms with E-state index in [1.165, 1.54) is 6.92 Å². The first kappa shape index (κ1) is 32.9. The number of ketones is 1. The average Bonchev–Trinajstić information content (AvgIpc) is 2.87. The molecule has 0 aliphatic rings. The molecule has 8 heteroatoms. The maximum Gasteiger partial charge on any atom is 0.408 e. The number of carbonyl (C=O) groups is 3. The van der Waals surface area contributed by atoms with Gasteiger partial charge < -0.3 is 19.8 Å². The fourth-order valence-electron chi connectivity index (χ4n) is 4.21. The van der Waals surface area contributed by atoms with Crippen LogP contribution in [-0.2, 0) is 27.2 Å². The fraction of sp³-hybridized carbons (Fsp3) is 0.441. The van der Waals surface area contributed by atoms with Crippen molar-refractivity contribution in [2.24, 2.45) is 0 Å². The first-order chi connectivity index (χ1) is 19.4. The van der Waals surface area contributed by atoms with E-state index in [1.807, 2.05) is 66.7 Å². The lowest BCUT2D eigenvalue weighted by atomic mass is 9.99. The van der Waals surface area contributed by atoms with E-state index in [4.69, 9.17) is 9.16 Å². The maximum atomic E-state index is 13.6. The van der Waals surface area contributed by atoms with E-state index in [9.17, 15) is 14.4 Å². The van der Waals surface area contributed by atoms with Crippen LogP contribution in [0.5, 0.6) is 5.75 Å². The molecule has 42 heavy (non-hydrogen) atoms. The van der Waals surface area contributed by atoms with Crippen molar-refractivity contribution in [3.05, 3.63) is 77.9 Å². The van der Waals surface area contributed by atoms with Crippen molar-refractivity contribution in [2.45, 2.75) is 97.1 Å². The number of amides is 2. The molecule has 3 aromatic rings. The predicted molar refractivity (Wildman–Crippen MR) is 171 cm³/mol. The lowest BCUT2D eigenvalue weighted by Gasteiger charge is -2.36. The zero-order valence-corrected chi connectivity index (χ0v) is 27.5. The molecule has 0 aliphatic carbocycles.